The van der Waals surface area contributed by atoms with E-state index in [1.54, 1.807) is 0 Å². The molecule has 2 aliphatic heterocycles. The van der Waals surface area contributed by atoms with Crippen molar-refractivity contribution in [2.45, 2.75) is 44.7 Å². The Bertz CT molecular complexity index is 497. The molecule has 0 amide bonds. The van der Waals surface area contributed by atoms with Gasteiger partial charge in [-0.15, -0.1) is 0 Å². The van der Waals surface area contributed by atoms with Crippen molar-refractivity contribution in [2.24, 2.45) is 0 Å². The van der Waals surface area contributed by atoms with E-state index in [0.717, 1.165) is 50.2 Å². The summed E-state index contributed by atoms with van der Waals surface area (Å²) < 4.78 is 0. The predicted octanol–water partition coefficient (Wildman–Crippen LogP) is 0.707. The van der Waals surface area contributed by atoms with Crippen LogP contribution in [0.1, 0.15) is 31.2 Å². The minimum absolute atomic E-state index is 0.132. The molecule has 21 heavy (non-hydrogen) atoms. The zero-order chi connectivity index (χ0) is 14.8. The zero-order valence-corrected chi connectivity index (χ0v) is 12.6. The summed E-state index contributed by atoms with van der Waals surface area (Å²) in [7, 11) is 0. The zero-order valence-electron chi connectivity index (χ0n) is 12.6. The van der Waals surface area contributed by atoms with Crippen molar-refractivity contribution >= 4 is 11.8 Å². The topological polar surface area (TPSA) is 72.7 Å². The molecule has 0 aromatic carbocycles. The summed E-state index contributed by atoms with van der Waals surface area (Å²) in [5.74, 6) is 1.64. The third-order valence-corrected chi connectivity index (χ3v) is 4.64. The van der Waals surface area contributed by atoms with Gasteiger partial charge in [-0.25, -0.2) is 4.98 Å². The number of hydrogen-bond acceptors (Lipinski definition) is 6. The number of aliphatic hydroxyl groups is 2. The van der Waals surface area contributed by atoms with Crippen LogP contribution >= 0.6 is 0 Å². The molecule has 0 spiro atoms. The van der Waals surface area contributed by atoms with Gasteiger partial charge in [-0.3, -0.25) is 0 Å². The third-order valence-electron chi connectivity index (χ3n) is 4.64. The minimum atomic E-state index is 0.132. The van der Waals surface area contributed by atoms with E-state index in [1.165, 1.54) is 0 Å². The van der Waals surface area contributed by atoms with Crippen molar-refractivity contribution in [3.8, 4) is 0 Å². The quantitative estimate of drug-likeness (QED) is 0.851. The molecule has 2 N–H and O–H groups in total. The maximum Gasteiger partial charge on any atom is 0.227 e. The lowest BCUT2D eigenvalue weighted by Gasteiger charge is -2.28. The van der Waals surface area contributed by atoms with Crippen LogP contribution in [0.25, 0.3) is 0 Å². The third kappa shape index (κ3) is 2.70. The number of rotatable bonds is 4. The summed E-state index contributed by atoms with van der Waals surface area (Å²) in [5, 5.41) is 19.0. The Morgan fingerprint density at radius 2 is 1.71 bits per heavy atom. The first-order chi connectivity index (χ1) is 10.2. The number of nitrogens with zero attached hydrogens (tertiary/aromatic N) is 4. The van der Waals surface area contributed by atoms with Crippen molar-refractivity contribution in [1.82, 2.24) is 9.97 Å². The van der Waals surface area contributed by atoms with Crippen LogP contribution in [0, 0.1) is 6.92 Å². The summed E-state index contributed by atoms with van der Waals surface area (Å²) in [6, 6.07) is 0.298. The molecular weight excluding hydrogens is 268 g/mol. The Morgan fingerprint density at radius 1 is 1.10 bits per heavy atom. The highest BCUT2D eigenvalue weighted by molar-refractivity contribution is 5.52. The van der Waals surface area contributed by atoms with Crippen LogP contribution < -0.4 is 9.80 Å². The summed E-state index contributed by atoms with van der Waals surface area (Å²) in [5.41, 5.74) is 1.04. The first-order valence-corrected chi connectivity index (χ1v) is 7.83. The van der Waals surface area contributed by atoms with Crippen molar-refractivity contribution in [2.75, 3.05) is 36.1 Å². The highest BCUT2D eigenvalue weighted by atomic mass is 16.3. The molecule has 0 bridgehead atoms. The summed E-state index contributed by atoms with van der Waals surface area (Å²) in [4.78, 5) is 13.5. The van der Waals surface area contributed by atoms with Crippen molar-refractivity contribution in [3.63, 3.8) is 0 Å². The molecule has 6 nitrogen and oxygen atoms in total. The molecule has 3 rings (SSSR count). The number of hydrogen-bond donors (Lipinski definition) is 2. The van der Waals surface area contributed by atoms with Crippen LogP contribution in [0.15, 0.2) is 6.20 Å². The van der Waals surface area contributed by atoms with Gasteiger partial charge in [0.25, 0.3) is 0 Å². The van der Waals surface area contributed by atoms with Gasteiger partial charge in [-0.05, 0) is 32.6 Å². The number of aryl methyl sites for hydroxylation is 1. The van der Waals surface area contributed by atoms with Gasteiger partial charge in [-0.2, -0.15) is 4.98 Å². The van der Waals surface area contributed by atoms with Crippen LogP contribution in [0.2, 0.25) is 0 Å². The van der Waals surface area contributed by atoms with Gasteiger partial charge in [0.1, 0.15) is 5.82 Å². The Kier molecular flexibility index (Phi) is 4.26. The lowest BCUT2D eigenvalue weighted by atomic mass is 10.2. The normalized spacial score (nSPS) is 25.9. The lowest BCUT2D eigenvalue weighted by Crippen LogP contribution is -2.36. The molecule has 0 aliphatic carbocycles. The molecule has 2 saturated heterocycles. The average Bonchev–Trinajstić information content (AvgIpc) is 3.16. The van der Waals surface area contributed by atoms with E-state index in [0.29, 0.717) is 5.95 Å². The molecule has 3 heterocycles. The van der Waals surface area contributed by atoms with Crippen molar-refractivity contribution in [1.29, 1.82) is 0 Å². The standard InChI is InChI=1S/C15H24N4O2/c1-11-8-16-15(19-7-3-5-13(19)10-21)17-14(11)18-6-2-4-12(18)9-20/h8,12-13,20-21H,2-7,9-10H2,1H3/t12-,13-/m1/s1. The molecule has 1 aromatic rings. The summed E-state index contributed by atoms with van der Waals surface area (Å²) in [6.45, 7) is 4.17. The van der Waals surface area contributed by atoms with E-state index in [-0.39, 0.29) is 25.3 Å². The van der Waals surface area contributed by atoms with Gasteiger partial charge in [0.15, 0.2) is 0 Å². The molecule has 0 unspecified atom stereocenters. The van der Waals surface area contributed by atoms with Crippen LogP contribution in [0.3, 0.4) is 0 Å². The van der Waals surface area contributed by atoms with Gasteiger partial charge in [-0.1, -0.05) is 0 Å². The average molecular weight is 292 g/mol. The minimum Gasteiger partial charge on any atom is -0.394 e. The van der Waals surface area contributed by atoms with Gasteiger partial charge in [0.2, 0.25) is 5.95 Å². The molecule has 6 heteroatoms. The fourth-order valence-corrected chi connectivity index (χ4v) is 3.45. The fourth-order valence-electron chi connectivity index (χ4n) is 3.45. The molecule has 116 valence electrons. The highest BCUT2D eigenvalue weighted by Gasteiger charge is 2.29. The van der Waals surface area contributed by atoms with Crippen LogP contribution in [0.4, 0.5) is 11.8 Å². The largest absolute Gasteiger partial charge is 0.394 e. The van der Waals surface area contributed by atoms with Gasteiger partial charge < -0.3 is 20.0 Å². The maximum absolute atomic E-state index is 9.52. The molecule has 1 aromatic heterocycles. The molecule has 2 atom stereocenters. The first kappa shape index (κ1) is 14.5. The monoisotopic (exact) mass is 292 g/mol. The Labute approximate surface area is 125 Å². The summed E-state index contributed by atoms with van der Waals surface area (Å²) in [6.07, 6.45) is 6.02. The molecule has 2 fully saturated rings. The Hall–Kier alpha value is -1.40. The Morgan fingerprint density at radius 3 is 2.38 bits per heavy atom. The highest BCUT2D eigenvalue weighted by Crippen LogP contribution is 2.29. The molecular formula is C15H24N4O2. The molecule has 0 saturated carbocycles. The van der Waals surface area contributed by atoms with E-state index in [2.05, 4.69) is 14.8 Å². The maximum atomic E-state index is 9.52. The number of aliphatic hydroxyl groups excluding tert-OH is 2. The predicted molar refractivity (Wildman–Crippen MR) is 81.7 cm³/mol. The number of anilines is 2. The van der Waals surface area contributed by atoms with E-state index < -0.39 is 0 Å². The second-order valence-electron chi connectivity index (χ2n) is 6.02. The van der Waals surface area contributed by atoms with Crippen LogP contribution in [-0.4, -0.2) is 58.6 Å². The van der Waals surface area contributed by atoms with E-state index >= 15 is 0 Å². The lowest BCUT2D eigenvalue weighted by molar-refractivity contribution is 0.265. The van der Waals surface area contributed by atoms with E-state index in [4.69, 9.17) is 4.98 Å². The van der Waals surface area contributed by atoms with Crippen molar-refractivity contribution < 1.29 is 10.2 Å². The van der Waals surface area contributed by atoms with Gasteiger partial charge in [0.05, 0.1) is 25.3 Å². The van der Waals surface area contributed by atoms with E-state index in [1.807, 2.05) is 13.1 Å². The van der Waals surface area contributed by atoms with Crippen LogP contribution in [-0.2, 0) is 0 Å². The fraction of sp³-hybridized carbons (Fsp3) is 0.733. The smallest absolute Gasteiger partial charge is 0.227 e. The SMILES string of the molecule is Cc1cnc(N2CCC[C@@H]2CO)nc1N1CCC[C@@H]1CO. The molecule has 2 aliphatic rings. The van der Waals surface area contributed by atoms with Gasteiger partial charge >= 0.3 is 0 Å². The second-order valence-corrected chi connectivity index (χ2v) is 6.02. The summed E-state index contributed by atoms with van der Waals surface area (Å²) >= 11 is 0. The van der Waals surface area contributed by atoms with E-state index in [9.17, 15) is 10.2 Å². The molecule has 0 radical (unpaired) electrons. The number of aromatic nitrogens is 2. The Balaban J connectivity index is 1.89. The first-order valence-electron chi connectivity index (χ1n) is 7.83. The van der Waals surface area contributed by atoms with Gasteiger partial charge in [0, 0.05) is 24.8 Å². The second kappa shape index (κ2) is 6.15. The van der Waals surface area contributed by atoms with Crippen LogP contribution in [0.5, 0.6) is 0 Å². The van der Waals surface area contributed by atoms with Crippen molar-refractivity contribution in [3.05, 3.63) is 11.8 Å².